The Morgan fingerprint density at radius 3 is 2.48 bits per heavy atom. The highest BCUT2D eigenvalue weighted by atomic mass is 32.2. The van der Waals surface area contributed by atoms with Gasteiger partial charge in [-0.25, -0.2) is 4.68 Å². The third-order valence-electron chi connectivity index (χ3n) is 3.45. The van der Waals surface area contributed by atoms with Gasteiger partial charge < -0.3 is 5.84 Å². The van der Waals surface area contributed by atoms with E-state index >= 15 is 0 Å². The molecule has 0 aliphatic carbocycles. The zero-order valence-electron chi connectivity index (χ0n) is 12.9. The first-order valence-electron chi connectivity index (χ1n) is 7.62. The average Bonchev–Trinajstić information content (AvgIpc) is 2.85. The third-order valence-corrected chi connectivity index (χ3v) is 4.48. The van der Waals surface area contributed by atoms with Crippen molar-refractivity contribution < 1.29 is 0 Å². The number of hydrogen-bond donors (Lipinski definition) is 1. The molecule has 0 saturated carbocycles. The number of nitrogen functional groups attached to an aromatic ring is 1. The molecule has 4 nitrogen and oxygen atoms in total. The quantitative estimate of drug-likeness (QED) is 0.454. The van der Waals surface area contributed by atoms with E-state index in [-0.39, 0.29) is 0 Å². The number of aryl methyl sites for hydroxylation is 1. The van der Waals surface area contributed by atoms with Crippen molar-refractivity contribution in [3.05, 3.63) is 29.8 Å². The minimum absolute atomic E-state index is 0.725. The van der Waals surface area contributed by atoms with Gasteiger partial charge in [0.1, 0.15) is 0 Å². The Hall–Kier alpha value is -1.49. The average molecular weight is 304 g/mol. The number of hydrogen-bond acceptors (Lipinski definition) is 4. The van der Waals surface area contributed by atoms with Crippen LogP contribution in [-0.2, 0) is 0 Å². The lowest BCUT2D eigenvalue weighted by Gasteiger charge is -2.04. The monoisotopic (exact) mass is 304 g/mol. The van der Waals surface area contributed by atoms with Crippen molar-refractivity contribution in [2.24, 2.45) is 0 Å². The zero-order chi connectivity index (χ0) is 15.1. The van der Waals surface area contributed by atoms with E-state index in [1.54, 1.807) is 16.4 Å². The summed E-state index contributed by atoms with van der Waals surface area (Å²) < 4.78 is 1.60. The van der Waals surface area contributed by atoms with Crippen molar-refractivity contribution in [1.29, 1.82) is 0 Å². The second-order valence-corrected chi connectivity index (χ2v) is 6.37. The number of nitrogens with zero attached hydrogens (tertiary/aromatic N) is 3. The molecule has 0 bridgehead atoms. The predicted molar refractivity (Wildman–Crippen MR) is 89.8 cm³/mol. The van der Waals surface area contributed by atoms with Crippen LogP contribution in [0.4, 0.5) is 0 Å². The first-order valence-corrected chi connectivity index (χ1v) is 8.61. The Labute approximate surface area is 131 Å². The molecule has 0 spiro atoms. The van der Waals surface area contributed by atoms with Gasteiger partial charge in [-0.2, -0.15) is 0 Å². The van der Waals surface area contributed by atoms with Gasteiger partial charge in [-0.1, -0.05) is 74.2 Å². The van der Waals surface area contributed by atoms with Gasteiger partial charge in [-0.3, -0.25) is 0 Å². The fraction of sp³-hybridized carbons (Fsp3) is 0.500. The molecule has 0 saturated heterocycles. The van der Waals surface area contributed by atoms with E-state index in [1.165, 1.54) is 37.7 Å². The highest BCUT2D eigenvalue weighted by Gasteiger charge is 2.11. The fourth-order valence-corrected chi connectivity index (χ4v) is 3.00. The topological polar surface area (TPSA) is 56.7 Å². The molecule has 0 atom stereocenters. The SMILES string of the molecule is CCCCCCCSc1nnc(-c2ccc(C)cc2)n1N. The fourth-order valence-electron chi connectivity index (χ4n) is 2.14. The maximum Gasteiger partial charge on any atom is 0.210 e. The Kier molecular flexibility index (Phi) is 6.11. The summed E-state index contributed by atoms with van der Waals surface area (Å²) in [6.07, 6.45) is 6.42. The lowest BCUT2D eigenvalue weighted by molar-refractivity contribution is 0.659. The van der Waals surface area contributed by atoms with Crippen molar-refractivity contribution in [3.63, 3.8) is 0 Å². The van der Waals surface area contributed by atoms with Crippen molar-refractivity contribution in [2.75, 3.05) is 11.6 Å². The van der Waals surface area contributed by atoms with Crippen LogP contribution >= 0.6 is 11.8 Å². The highest BCUT2D eigenvalue weighted by Crippen LogP contribution is 2.22. The van der Waals surface area contributed by atoms with Gasteiger partial charge in [0, 0.05) is 11.3 Å². The molecule has 0 amide bonds. The van der Waals surface area contributed by atoms with E-state index in [0.717, 1.165) is 22.3 Å². The van der Waals surface area contributed by atoms with Crippen LogP contribution in [0.5, 0.6) is 0 Å². The highest BCUT2D eigenvalue weighted by molar-refractivity contribution is 7.99. The molecule has 2 N–H and O–H groups in total. The summed E-state index contributed by atoms with van der Waals surface area (Å²) in [6.45, 7) is 4.30. The van der Waals surface area contributed by atoms with E-state index in [2.05, 4.69) is 36.2 Å². The van der Waals surface area contributed by atoms with Crippen LogP contribution < -0.4 is 5.84 Å². The van der Waals surface area contributed by atoms with Crippen molar-refractivity contribution in [1.82, 2.24) is 14.9 Å². The molecule has 0 radical (unpaired) electrons. The standard InChI is InChI=1S/C16H24N4S/c1-3-4-5-6-7-12-21-16-19-18-15(20(16)17)14-10-8-13(2)9-11-14/h8-11H,3-7,12,17H2,1-2H3. The van der Waals surface area contributed by atoms with Crippen molar-refractivity contribution >= 4 is 11.8 Å². The molecule has 0 aliphatic rings. The van der Waals surface area contributed by atoms with Gasteiger partial charge in [0.05, 0.1) is 0 Å². The van der Waals surface area contributed by atoms with Gasteiger partial charge in [0.2, 0.25) is 5.16 Å². The van der Waals surface area contributed by atoms with Gasteiger partial charge in [-0.15, -0.1) is 10.2 Å². The van der Waals surface area contributed by atoms with Gasteiger partial charge >= 0.3 is 0 Å². The van der Waals surface area contributed by atoms with Crippen LogP contribution in [-0.4, -0.2) is 20.6 Å². The Morgan fingerprint density at radius 1 is 1.05 bits per heavy atom. The van der Waals surface area contributed by atoms with E-state index < -0.39 is 0 Å². The normalized spacial score (nSPS) is 11.0. The number of thioether (sulfide) groups is 1. The van der Waals surface area contributed by atoms with Crippen LogP contribution in [0.1, 0.15) is 44.6 Å². The molecule has 114 valence electrons. The molecule has 21 heavy (non-hydrogen) atoms. The van der Waals surface area contributed by atoms with Crippen LogP contribution in [0.2, 0.25) is 0 Å². The lowest BCUT2D eigenvalue weighted by atomic mass is 10.1. The van der Waals surface area contributed by atoms with Crippen LogP contribution in [0.15, 0.2) is 29.4 Å². The zero-order valence-corrected chi connectivity index (χ0v) is 13.7. The number of nitrogens with two attached hydrogens (primary N) is 1. The number of unbranched alkanes of at least 4 members (excludes halogenated alkanes) is 4. The summed E-state index contributed by atoms with van der Waals surface area (Å²) in [5.74, 6) is 7.88. The Morgan fingerprint density at radius 2 is 1.76 bits per heavy atom. The van der Waals surface area contributed by atoms with Crippen molar-refractivity contribution in [2.45, 2.75) is 51.1 Å². The minimum atomic E-state index is 0.725. The van der Waals surface area contributed by atoms with Crippen LogP contribution in [0.3, 0.4) is 0 Å². The van der Waals surface area contributed by atoms with Gasteiger partial charge in [-0.05, 0) is 13.3 Å². The second kappa shape index (κ2) is 8.08. The molecule has 0 unspecified atom stereocenters. The molecule has 1 aromatic heterocycles. The van der Waals surface area contributed by atoms with E-state index in [1.807, 2.05) is 12.1 Å². The summed E-state index contributed by atoms with van der Waals surface area (Å²) in [7, 11) is 0. The molecular weight excluding hydrogens is 280 g/mol. The number of aromatic nitrogens is 3. The molecule has 1 aromatic carbocycles. The molecule has 5 heteroatoms. The van der Waals surface area contributed by atoms with Crippen LogP contribution in [0.25, 0.3) is 11.4 Å². The molecule has 0 aliphatic heterocycles. The molecule has 2 rings (SSSR count). The maximum absolute atomic E-state index is 6.11. The first-order chi connectivity index (χ1) is 10.2. The van der Waals surface area contributed by atoms with E-state index in [9.17, 15) is 0 Å². The molecule has 2 aromatic rings. The largest absolute Gasteiger partial charge is 0.335 e. The number of benzene rings is 1. The third kappa shape index (κ3) is 4.49. The number of rotatable bonds is 8. The summed E-state index contributed by atoms with van der Waals surface area (Å²) in [5.41, 5.74) is 2.23. The summed E-state index contributed by atoms with van der Waals surface area (Å²) >= 11 is 1.69. The summed E-state index contributed by atoms with van der Waals surface area (Å²) in [5, 5.41) is 9.20. The van der Waals surface area contributed by atoms with E-state index in [0.29, 0.717) is 0 Å². The van der Waals surface area contributed by atoms with Gasteiger partial charge in [0.25, 0.3) is 0 Å². The van der Waals surface area contributed by atoms with Crippen LogP contribution in [0, 0.1) is 6.92 Å². The Bertz CT molecular complexity index is 548. The summed E-state index contributed by atoms with van der Waals surface area (Å²) in [6, 6.07) is 8.18. The second-order valence-electron chi connectivity index (χ2n) is 5.30. The molecule has 1 heterocycles. The first kappa shape index (κ1) is 15.9. The molecule has 0 fully saturated rings. The maximum atomic E-state index is 6.11. The Balaban J connectivity index is 1.90. The predicted octanol–water partition coefficient (Wildman–Crippen LogP) is 4.03. The molecular formula is C16H24N4S. The minimum Gasteiger partial charge on any atom is -0.335 e. The van der Waals surface area contributed by atoms with Gasteiger partial charge in [0.15, 0.2) is 5.82 Å². The lowest BCUT2D eigenvalue weighted by Crippen LogP contribution is -2.11. The van der Waals surface area contributed by atoms with E-state index in [4.69, 9.17) is 5.84 Å². The summed E-state index contributed by atoms with van der Waals surface area (Å²) in [4.78, 5) is 0. The smallest absolute Gasteiger partial charge is 0.210 e. The van der Waals surface area contributed by atoms with Crippen molar-refractivity contribution in [3.8, 4) is 11.4 Å².